The molecule has 1 heterocycles. The number of nitrogens with one attached hydrogen (secondary N) is 1. The summed E-state index contributed by atoms with van der Waals surface area (Å²) < 4.78 is 29.3. The Morgan fingerprint density at radius 1 is 1.41 bits per heavy atom. The predicted molar refractivity (Wildman–Crippen MR) is 83.6 cm³/mol. The van der Waals surface area contributed by atoms with E-state index in [1.165, 1.54) is 0 Å². The number of aryl methyl sites for hydroxylation is 1. The van der Waals surface area contributed by atoms with Crippen molar-refractivity contribution in [1.29, 1.82) is 0 Å². The lowest BCUT2D eigenvalue weighted by Crippen LogP contribution is -2.25. The van der Waals surface area contributed by atoms with Crippen LogP contribution in [0.5, 0.6) is 0 Å². The standard InChI is InChI=1S/C15H16BrF2N3O/c1-8(7-21-10(3)14(16)9(2)20-21)15(22)19-13-6-11(17)4-5-12(13)18/h4-6,8H,7H2,1-3H3,(H,19,22). The zero-order valence-corrected chi connectivity index (χ0v) is 14.0. The number of benzene rings is 1. The molecule has 2 aromatic rings. The van der Waals surface area contributed by atoms with Crippen LogP contribution in [0.25, 0.3) is 0 Å². The molecule has 0 radical (unpaired) electrons. The summed E-state index contributed by atoms with van der Waals surface area (Å²) in [5.74, 6) is -2.12. The van der Waals surface area contributed by atoms with Crippen LogP contribution in [0.4, 0.5) is 14.5 Å². The van der Waals surface area contributed by atoms with Crippen LogP contribution in [0.15, 0.2) is 22.7 Å². The first kappa shape index (κ1) is 16.6. The Kier molecular flexibility index (Phi) is 4.95. The molecule has 1 aromatic heterocycles. The van der Waals surface area contributed by atoms with Gasteiger partial charge in [-0.15, -0.1) is 0 Å². The maximum atomic E-state index is 13.5. The molecule has 1 aromatic carbocycles. The Bertz CT molecular complexity index is 715. The molecule has 0 aliphatic rings. The molecule has 0 aliphatic carbocycles. The Labute approximate surface area is 135 Å². The molecule has 22 heavy (non-hydrogen) atoms. The third kappa shape index (κ3) is 3.52. The summed E-state index contributed by atoms with van der Waals surface area (Å²) in [6, 6.07) is 2.94. The van der Waals surface area contributed by atoms with Gasteiger partial charge in [-0.25, -0.2) is 8.78 Å². The Balaban J connectivity index is 2.09. The summed E-state index contributed by atoms with van der Waals surface area (Å²) in [5.41, 5.74) is 1.58. The van der Waals surface area contributed by atoms with Crippen molar-refractivity contribution in [2.75, 3.05) is 5.32 Å². The Morgan fingerprint density at radius 2 is 2.09 bits per heavy atom. The molecule has 118 valence electrons. The number of hydrogen-bond acceptors (Lipinski definition) is 2. The fraction of sp³-hybridized carbons (Fsp3) is 0.333. The van der Waals surface area contributed by atoms with Gasteiger partial charge in [-0.3, -0.25) is 9.48 Å². The van der Waals surface area contributed by atoms with E-state index in [2.05, 4.69) is 26.3 Å². The maximum absolute atomic E-state index is 13.5. The number of carbonyl (C=O) groups is 1. The number of aromatic nitrogens is 2. The highest BCUT2D eigenvalue weighted by atomic mass is 79.9. The molecule has 0 saturated carbocycles. The maximum Gasteiger partial charge on any atom is 0.229 e. The third-order valence-corrected chi connectivity index (χ3v) is 4.52. The highest BCUT2D eigenvalue weighted by molar-refractivity contribution is 9.10. The normalized spacial score (nSPS) is 12.3. The molecule has 0 aliphatic heterocycles. The molecule has 1 N–H and O–H groups in total. The lowest BCUT2D eigenvalue weighted by atomic mass is 10.1. The van der Waals surface area contributed by atoms with Gasteiger partial charge in [0.05, 0.1) is 28.3 Å². The van der Waals surface area contributed by atoms with E-state index in [1.54, 1.807) is 11.6 Å². The first-order valence-corrected chi connectivity index (χ1v) is 7.54. The average Bonchev–Trinajstić information content (AvgIpc) is 2.70. The number of amides is 1. The monoisotopic (exact) mass is 371 g/mol. The van der Waals surface area contributed by atoms with Crippen LogP contribution in [0.2, 0.25) is 0 Å². The van der Waals surface area contributed by atoms with Gasteiger partial charge >= 0.3 is 0 Å². The SMILES string of the molecule is Cc1nn(CC(C)C(=O)Nc2cc(F)ccc2F)c(C)c1Br. The van der Waals surface area contributed by atoms with Gasteiger partial charge in [0.15, 0.2) is 0 Å². The summed E-state index contributed by atoms with van der Waals surface area (Å²) in [5, 5.41) is 6.73. The molecule has 4 nitrogen and oxygen atoms in total. The van der Waals surface area contributed by atoms with Crippen molar-refractivity contribution in [2.45, 2.75) is 27.3 Å². The van der Waals surface area contributed by atoms with E-state index in [1.807, 2.05) is 13.8 Å². The smallest absolute Gasteiger partial charge is 0.229 e. The third-order valence-electron chi connectivity index (χ3n) is 3.37. The van der Waals surface area contributed by atoms with Crippen LogP contribution < -0.4 is 5.32 Å². The number of nitrogens with zero attached hydrogens (tertiary/aromatic N) is 2. The minimum atomic E-state index is -0.671. The second-order valence-corrected chi connectivity index (χ2v) is 5.97. The fourth-order valence-corrected chi connectivity index (χ4v) is 2.33. The summed E-state index contributed by atoms with van der Waals surface area (Å²) in [4.78, 5) is 12.1. The minimum absolute atomic E-state index is 0.161. The minimum Gasteiger partial charge on any atom is -0.323 e. The van der Waals surface area contributed by atoms with Crippen molar-refractivity contribution in [1.82, 2.24) is 9.78 Å². The molecule has 7 heteroatoms. The molecule has 0 fully saturated rings. The number of anilines is 1. The van der Waals surface area contributed by atoms with Gasteiger partial charge in [0.1, 0.15) is 11.6 Å². The molecule has 0 spiro atoms. The number of rotatable bonds is 4. The summed E-state index contributed by atoms with van der Waals surface area (Å²) in [6.07, 6.45) is 0. The molecular formula is C15H16BrF2N3O. The van der Waals surface area contributed by atoms with Crippen LogP contribution in [0, 0.1) is 31.4 Å². The van der Waals surface area contributed by atoms with Crippen LogP contribution in [0.1, 0.15) is 18.3 Å². The quantitative estimate of drug-likeness (QED) is 0.887. The lowest BCUT2D eigenvalue weighted by molar-refractivity contribution is -0.119. The van der Waals surface area contributed by atoms with E-state index >= 15 is 0 Å². The molecule has 1 unspecified atom stereocenters. The topological polar surface area (TPSA) is 46.9 Å². The van der Waals surface area contributed by atoms with Crippen molar-refractivity contribution in [3.05, 3.63) is 45.7 Å². The van der Waals surface area contributed by atoms with E-state index in [0.29, 0.717) is 6.54 Å². The molecule has 1 amide bonds. The van der Waals surface area contributed by atoms with Gasteiger partial charge in [0.25, 0.3) is 0 Å². The highest BCUT2D eigenvalue weighted by Crippen LogP contribution is 2.21. The first-order chi connectivity index (χ1) is 10.3. The summed E-state index contributed by atoms with van der Waals surface area (Å²) >= 11 is 3.42. The van der Waals surface area contributed by atoms with Crippen LogP contribution in [-0.2, 0) is 11.3 Å². The fourth-order valence-electron chi connectivity index (χ4n) is 2.04. The molecule has 1 atom stereocenters. The van der Waals surface area contributed by atoms with E-state index in [4.69, 9.17) is 0 Å². The van der Waals surface area contributed by atoms with Crippen molar-refractivity contribution in [3.8, 4) is 0 Å². The lowest BCUT2D eigenvalue weighted by Gasteiger charge is -2.14. The van der Waals surface area contributed by atoms with Crippen LogP contribution >= 0.6 is 15.9 Å². The largest absolute Gasteiger partial charge is 0.323 e. The predicted octanol–water partition coefficient (Wildman–Crippen LogP) is 3.82. The van der Waals surface area contributed by atoms with E-state index in [0.717, 1.165) is 34.1 Å². The number of carbonyl (C=O) groups excluding carboxylic acids is 1. The van der Waals surface area contributed by atoms with Crippen molar-refractivity contribution in [3.63, 3.8) is 0 Å². The van der Waals surface area contributed by atoms with Gasteiger partial charge in [-0.2, -0.15) is 5.10 Å². The second-order valence-electron chi connectivity index (χ2n) is 5.18. The van der Waals surface area contributed by atoms with Gasteiger partial charge in [0, 0.05) is 11.8 Å². The van der Waals surface area contributed by atoms with Crippen molar-refractivity contribution in [2.24, 2.45) is 5.92 Å². The average molecular weight is 372 g/mol. The van der Waals surface area contributed by atoms with Gasteiger partial charge in [-0.05, 0) is 41.9 Å². The zero-order valence-electron chi connectivity index (χ0n) is 12.5. The Morgan fingerprint density at radius 3 is 2.68 bits per heavy atom. The van der Waals surface area contributed by atoms with Gasteiger partial charge in [-0.1, -0.05) is 6.92 Å². The van der Waals surface area contributed by atoms with Crippen molar-refractivity contribution >= 4 is 27.5 Å². The summed E-state index contributed by atoms with van der Waals surface area (Å²) in [7, 11) is 0. The second kappa shape index (κ2) is 6.56. The van der Waals surface area contributed by atoms with Crippen LogP contribution in [-0.4, -0.2) is 15.7 Å². The van der Waals surface area contributed by atoms with Gasteiger partial charge < -0.3 is 5.32 Å². The van der Waals surface area contributed by atoms with Crippen LogP contribution in [0.3, 0.4) is 0 Å². The van der Waals surface area contributed by atoms with E-state index in [-0.39, 0.29) is 5.69 Å². The number of hydrogen-bond donors (Lipinski definition) is 1. The highest BCUT2D eigenvalue weighted by Gasteiger charge is 2.18. The Hall–Kier alpha value is -1.76. The zero-order chi connectivity index (χ0) is 16.4. The molecule has 0 bridgehead atoms. The van der Waals surface area contributed by atoms with E-state index < -0.39 is 23.5 Å². The first-order valence-electron chi connectivity index (χ1n) is 6.75. The van der Waals surface area contributed by atoms with Crippen molar-refractivity contribution < 1.29 is 13.6 Å². The van der Waals surface area contributed by atoms with E-state index in [9.17, 15) is 13.6 Å². The summed E-state index contributed by atoms with van der Waals surface area (Å²) in [6.45, 7) is 5.80. The van der Waals surface area contributed by atoms with Gasteiger partial charge in [0.2, 0.25) is 5.91 Å². The molecule has 2 rings (SSSR count). The molecular weight excluding hydrogens is 356 g/mol. The number of halogens is 3. The molecule has 0 saturated heterocycles.